The summed E-state index contributed by atoms with van der Waals surface area (Å²) in [5.74, 6) is -0.817. The van der Waals surface area contributed by atoms with Crippen LogP contribution in [0.4, 0.5) is 4.79 Å². The van der Waals surface area contributed by atoms with Crippen molar-refractivity contribution in [3.8, 4) is 0 Å². The number of amides is 4. The van der Waals surface area contributed by atoms with E-state index >= 15 is 0 Å². The molecule has 3 aliphatic rings. The van der Waals surface area contributed by atoms with Crippen LogP contribution < -0.4 is 10.7 Å². The van der Waals surface area contributed by atoms with Crippen molar-refractivity contribution in [2.45, 2.75) is 55.9 Å². The number of hydrogen-bond donors (Lipinski definition) is 2. The molecule has 2 heterocycles. The minimum Gasteiger partial charge on any atom is -0.322 e. The Bertz CT molecular complexity index is 1280. The normalized spacial score (nSPS) is 26.3. The van der Waals surface area contributed by atoms with Gasteiger partial charge in [-0.3, -0.25) is 15.0 Å². The number of carbonyl (C=O) groups is 3. The number of sulfonamides is 1. The van der Waals surface area contributed by atoms with Crippen molar-refractivity contribution in [2.24, 2.45) is 11.8 Å². The van der Waals surface area contributed by atoms with E-state index in [2.05, 4.69) is 17.7 Å². The summed E-state index contributed by atoms with van der Waals surface area (Å²) in [7, 11) is -3.69. The van der Waals surface area contributed by atoms with Crippen molar-refractivity contribution in [1.82, 2.24) is 20.1 Å². The van der Waals surface area contributed by atoms with Crippen LogP contribution in [0.1, 0.15) is 45.4 Å². The summed E-state index contributed by atoms with van der Waals surface area (Å²) in [6.45, 7) is 2.50. The van der Waals surface area contributed by atoms with Gasteiger partial charge in [0.25, 0.3) is 5.91 Å². The minimum atomic E-state index is -3.69. The first-order chi connectivity index (χ1) is 16.7. The molecule has 186 valence electrons. The number of hydrazine groups is 1. The van der Waals surface area contributed by atoms with Gasteiger partial charge in [-0.15, -0.1) is 0 Å². The number of urea groups is 1. The number of piperidine rings is 1. The number of nitrogens with one attached hydrogen (secondary N) is 2. The molecule has 3 fully saturated rings. The average molecular weight is 499 g/mol. The van der Waals surface area contributed by atoms with Crippen LogP contribution in [-0.4, -0.2) is 54.2 Å². The Morgan fingerprint density at radius 3 is 2.34 bits per heavy atom. The van der Waals surface area contributed by atoms with Gasteiger partial charge in [-0.25, -0.2) is 13.2 Å². The standard InChI is InChI=1S/C25H30N4O5S/c1-17-8-12-25(13-9-17)23(31)29(24(32)26-25)27-22(30)19-10-14-28(15-11-19)35(33,34)21-7-6-18-4-2-3-5-20(18)16-21/h2-7,16-17,19H,8-15H2,1H3,(H,26,32)(H,27,30). The van der Waals surface area contributed by atoms with E-state index in [1.807, 2.05) is 24.3 Å². The molecule has 5 rings (SSSR count). The highest BCUT2D eigenvalue weighted by Crippen LogP contribution is 2.36. The summed E-state index contributed by atoms with van der Waals surface area (Å²) in [6.07, 6.45) is 3.44. The maximum Gasteiger partial charge on any atom is 0.344 e. The molecule has 2 aromatic carbocycles. The summed E-state index contributed by atoms with van der Waals surface area (Å²) in [4.78, 5) is 38.6. The van der Waals surface area contributed by atoms with Gasteiger partial charge < -0.3 is 5.32 Å². The van der Waals surface area contributed by atoms with Gasteiger partial charge in [-0.05, 0) is 67.3 Å². The maximum atomic E-state index is 13.2. The maximum absolute atomic E-state index is 13.2. The first kappa shape index (κ1) is 23.7. The third-order valence-electron chi connectivity index (χ3n) is 7.70. The van der Waals surface area contributed by atoms with Crippen molar-refractivity contribution in [3.63, 3.8) is 0 Å². The molecule has 0 unspecified atom stereocenters. The fourth-order valence-electron chi connectivity index (χ4n) is 5.35. The van der Waals surface area contributed by atoms with E-state index in [9.17, 15) is 22.8 Å². The second-order valence-electron chi connectivity index (χ2n) is 10.00. The Morgan fingerprint density at radius 1 is 1.00 bits per heavy atom. The quantitative estimate of drug-likeness (QED) is 0.629. The van der Waals surface area contributed by atoms with Crippen molar-refractivity contribution in [3.05, 3.63) is 42.5 Å². The lowest BCUT2D eigenvalue weighted by molar-refractivity contribution is -0.142. The highest BCUT2D eigenvalue weighted by molar-refractivity contribution is 7.89. The highest BCUT2D eigenvalue weighted by atomic mass is 32.2. The van der Waals surface area contributed by atoms with Crippen molar-refractivity contribution in [2.75, 3.05) is 13.1 Å². The topological polar surface area (TPSA) is 116 Å². The Kier molecular flexibility index (Phi) is 6.04. The largest absolute Gasteiger partial charge is 0.344 e. The van der Waals surface area contributed by atoms with Gasteiger partial charge in [0.05, 0.1) is 4.90 Å². The molecule has 2 aliphatic heterocycles. The fraction of sp³-hybridized carbons (Fsp3) is 0.480. The molecule has 2 aromatic rings. The molecular weight excluding hydrogens is 468 g/mol. The molecule has 35 heavy (non-hydrogen) atoms. The number of carbonyl (C=O) groups excluding carboxylic acids is 3. The molecule has 10 heteroatoms. The summed E-state index contributed by atoms with van der Waals surface area (Å²) >= 11 is 0. The van der Waals surface area contributed by atoms with E-state index in [0.29, 0.717) is 31.6 Å². The Morgan fingerprint density at radius 2 is 1.66 bits per heavy atom. The summed E-state index contributed by atoms with van der Waals surface area (Å²) in [5.41, 5.74) is 1.58. The first-order valence-corrected chi connectivity index (χ1v) is 13.6. The van der Waals surface area contributed by atoms with Crippen LogP contribution in [0.2, 0.25) is 0 Å². The van der Waals surface area contributed by atoms with Gasteiger partial charge in [0, 0.05) is 19.0 Å². The van der Waals surface area contributed by atoms with Crippen LogP contribution in [0.15, 0.2) is 47.4 Å². The monoisotopic (exact) mass is 498 g/mol. The van der Waals surface area contributed by atoms with E-state index < -0.39 is 39.3 Å². The second kappa shape index (κ2) is 8.91. The Hall–Kier alpha value is -2.98. The average Bonchev–Trinajstić information content (AvgIpc) is 3.09. The number of fused-ring (bicyclic) bond motifs is 1. The lowest BCUT2D eigenvalue weighted by atomic mass is 9.77. The predicted molar refractivity (Wildman–Crippen MR) is 129 cm³/mol. The molecule has 9 nitrogen and oxygen atoms in total. The molecule has 1 spiro atoms. The fourth-order valence-corrected chi connectivity index (χ4v) is 6.86. The van der Waals surface area contributed by atoms with E-state index in [-0.39, 0.29) is 18.0 Å². The molecule has 0 radical (unpaired) electrons. The first-order valence-electron chi connectivity index (χ1n) is 12.2. The van der Waals surface area contributed by atoms with Crippen LogP contribution >= 0.6 is 0 Å². The van der Waals surface area contributed by atoms with E-state index in [4.69, 9.17) is 0 Å². The van der Waals surface area contributed by atoms with Crippen molar-refractivity contribution in [1.29, 1.82) is 0 Å². The summed E-state index contributed by atoms with van der Waals surface area (Å²) in [6, 6.07) is 12.0. The Labute approximate surface area is 204 Å². The zero-order valence-electron chi connectivity index (χ0n) is 19.7. The van der Waals surface area contributed by atoms with Crippen LogP contribution in [0.3, 0.4) is 0 Å². The van der Waals surface area contributed by atoms with Crippen LogP contribution in [0, 0.1) is 11.8 Å². The lowest BCUT2D eigenvalue weighted by Gasteiger charge is -2.33. The van der Waals surface area contributed by atoms with E-state index in [1.165, 1.54) is 4.31 Å². The molecule has 4 amide bonds. The number of nitrogens with zero attached hydrogens (tertiary/aromatic N) is 2. The van der Waals surface area contributed by atoms with Gasteiger partial charge in [-0.1, -0.05) is 37.3 Å². The lowest BCUT2D eigenvalue weighted by Crippen LogP contribution is -2.53. The molecule has 1 aliphatic carbocycles. The third kappa shape index (κ3) is 4.29. The van der Waals surface area contributed by atoms with Crippen molar-refractivity contribution >= 4 is 38.6 Å². The number of imide groups is 1. The van der Waals surface area contributed by atoms with E-state index in [0.717, 1.165) is 28.6 Å². The summed E-state index contributed by atoms with van der Waals surface area (Å²) in [5, 5.41) is 5.42. The minimum absolute atomic E-state index is 0.190. The molecule has 2 saturated heterocycles. The van der Waals surface area contributed by atoms with Crippen LogP contribution in [-0.2, 0) is 19.6 Å². The van der Waals surface area contributed by atoms with Gasteiger partial charge in [0.15, 0.2) is 0 Å². The third-order valence-corrected chi connectivity index (χ3v) is 9.59. The molecule has 1 saturated carbocycles. The molecule has 2 N–H and O–H groups in total. The van der Waals surface area contributed by atoms with Gasteiger partial charge >= 0.3 is 6.03 Å². The number of hydrogen-bond acceptors (Lipinski definition) is 5. The number of rotatable bonds is 4. The predicted octanol–water partition coefficient (Wildman–Crippen LogP) is 2.77. The van der Waals surface area contributed by atoms with Crippen LogP contribution in [0.5, 0.6) is 0 Å². The number of benzene rings is 2. The van der Waals surface area contributed by atoms with Gasteiger partial charge in [-0.2, -0.15) is 9.31 Å². The van der Waals surface area contributed by atoms with Crippen molar-refractivity contribution < 1.29 is 22.8 Å². The van der Waals surface area contributed by atoms with Gasteiger partial charge in [0.1, 0.15) is 5.54 Å². The molecular formula is C25H30N4O5S. The Balaban J connectivity index is 1.21. The van der Waals surface area contributed by atoms with Gasteiger partial charge in [0.2, 0.25) is 15.9 Å². The zero-order chi connectivity index (χ0) is 24.8. The second-order valence-corrected chi connectivity index (χ2v) is 11.9. The smallest absolute Gasteiger partial charge is 0.322 e. The molecule has 0 atom stereocenters. The highest BCUT2D eigenvalue weighted by Gasteiger charge is 2.53. The van der Waals surface area contributed by atoms with E-state index in [1.54, 1.807) is 18.2 Å². The summed E-state index contributed by atoms with van der Waals surface area (Å²) < 4.78 is 27.8. The molecule has 0 aromatic heterocycles. The SMILES string of the molecule is CC1CCC2(CC1)NC(=O)N(NC(=O)C1CCN(S(=O)(=O)c3ccc4ccccc4c3)CC1)C2=O. The van der Waals surface area contributed by atoms with Crippen LogP contribution in [0.25, 0.3) is 10.8 Å². The zero-order valence-corrected chi connectivity index (χ0v) is 20.5. The molecule has 0 bridgehead atoms.